The number of imidazole rings is 1. The Kier molecular flexibility index (Phi) is 14.8. The van der Waals surface area contributed by atoms with Gasteiger partial charge in [0.05, 0.1) is 6.61 Å². The highest BCUT2D eigenvalue weighted by atomic mass is 28.4. The van der Waals surface area contributed by atoms with E-state index in [9.17, 15) is 9.59 Å². The number of nitrogen functional groups attached to an aromatic ring is 1. The number of fused-ring (bicyclic) bond motifs is 1. The summed E-state index contributed by atoms with van der Waals surface area (Å²) < 4.78 is 48.1. The molecule has 0 aliphatic carbocycles. The summed E-state index contributed by atoms with van der Waals surface area (Å²) in [5.74, 6) is -0.449. The summed E-state index contributed by atoms with van der Waals surface area (Å²) in [5.41, 5.74) is 6.44. The molecule has 0 spiro atoms. The smallest absolute Gasteiger partial charge is 0.468 e. The van der Waals surface area contributed by atoms with Gasteiger partial charge in [-0.05, 0) is 61.3 Å². The number of aryl methyl sites for hydroxylation is 1. The normalized spacial score (nSPS) is 19.7. The van der Waals surface area contributed by atoms with Crippen molar-refractivity contribution in [2.75, 3.05) is 12.3 Å². The minimum Gasteiger partial charge on any atom is -0.468 e. The zero-order chi connectivity index (χ0) is 39.1. The van der Waals surface area contributed by atoms with Crippen molar-refractivity contribution in [1.82, 2.24) is 19.1 Å². The van der Waals surface area contributed by atoms with Gasteiger partial charge in [0.25, 0.3) is 0 Å². The monoisotopic (exact) mass is 793 g/mol. The van der Waals surface area contributed by atoms with Crippen LogP contribution >= 0.6 is 0 Å². The summed E-state index contributed by atoms with van der Waals surface area (Å²) in [6.07, 6.45) is -0.903. The maximum absolute atomic E-state index is 14.8. The zero-order valence-electron chi connectivity index (χ0n) is 33.6. The van der Waals surface area contributed by atoms with E-state index in [1.807, 2.05) is 0 Å². The average molecular weight is 794 g/mol. The van der Waals surface area contributed by atoms with Gasteiger partial charge in [0.1, 0.15) is 18.3 Å². The van der Waals surface area contributed by atoms with Gasteiger partial charge in [-0.25, -0.2) is 14.2 Å². The van der Waals surface area contributed by atoms with Gasteiger partial charge in [-0.3, -0.25) is 4.57 Å². The molecule has 0 aromatic carbocycles. The van der Waals surface area contributed by atoms with Crippen molar-refractivity contribution in [3.63, 3.8) is 0 Å². The Labute approximate surface area is 316 Å². The van der Waals surface area contributed by atoms with Crippen LogP contribution in [0.3, 0.4) is 0 Å². The van der Waals surface area contributed by atoms with Crippen LogP contribution in [0.1, 0.15) is 80.1 Å². The second-order valence-corrected chi connectivity index (χ2v) is 28.3. The first-order chi connectivity index (χ1) is 25.3. The molecule has 2 N–H and O–H groups in total. The third-order valence-electron chi connectivity index (χ3n) is 11.9. The molecule has 1 saturated heterocycles. The van der Waals surface area contributed by atoms with Crippen LogP contribution in [-0.4, -0.2) is 69.0 Å². The molecule has 1 fully saturated rings. The van der Waals surface area contributed by atoms with Crippen LogP contribution in [0.15, 0.2) is 31.1 Å². The van der Waals surface area contributed by atoms with Gasteiger partial charge >= 0.3 is 11.5 Å². The van der Waals surface area contributed by atoms with Crippen LogP contribution in [0.25, 0.3) is 11.2 Å². The van der Waals surface area contributed by atoms with Crippen molar-refractivity contribution >= 4 is 42.1 Å². The number of anilines is 1. The number of ether oxygens (including phenoxy) is 2. The third kappa shape index (κ3) is 8.70. The Morgan fingerprint density at radius 1 is 0.811 bits per heavy atom. The minimum atomic E-state index is -2.33. The Bertz CT molecular complexity index is 1750. The fraction of sp³-hybridized carbons (Fsp3) is 0.722. The first kappa shape index (κ1) is 42.9. The van der Waals surface area contributed by atoms with Crippen LogP contribution in [0, 0.1) is 6.92 Å². The van der Waals surface area contributed by atoms with Crippen LogP contribution in [0.2, 0.25) is 54.4 Å². The highest BCUT2D eigenvalue weighted by molar-refractivity contribution is 6.74. The standard InChI is InChI=1S/C36H63N5O9Si3/c1-12-22-40-28-31(38-34(37)39-32(28)44-23-26-25(11)46-36(43)48-26)41(35(40)42)33-30(50-53(19-8,20-9)21-10)29(49-52(16-5,17-6)18-7)27(47-33)24-45-51(13-2,14-3)15-4/h12,27,29-30,33H,1,13-24H2,2-11H3,(H2,37,38,39)/t27-,29-,30+,33-/m1/s1. The summed E-state index contributed by atoms with van der Waals surface area (Å²) in [5, 5.41) is 0. The third-order valence-corrected chi connectivity index (χ3v) is 25.9. The van der Waals surface area contributed by atoms with Gasteiger partial charge < -0.3 is 37.3 Å². The van der Waals surface area contributed by atoms with Crippen molar-refractivity contribution < 1.29 is 31.6 Å². The number of allylic oxidation sites excluding steroid dienone is 1. The lowest BCUT2D eigenvalue weighted by atomic mass is 10.1. The lowest BCUT2D eigenvalue weighted by Crippen LogP contribution is -2.53. The summed E-state index contributed by atoms with van der Waals surface area (Å²) >= 11 is 0. The molecular weight excluding hydrogens is 731 g/mol. The van der Waals surface area contributed by atoms with Crippen molar-refractivity contribution in [1.29, 1.82) is 0 Å². The predicted octanol–water partition coefficient (Wildman–Crippen LogP) is 7.49. The summed E-state index contributed by atoms with van der Waals surface area (Å²) in [7, 11) is -6.60. The lowest BCUT2D eigenvalue weighted by molar-refractivity contribution is -0.0482. The van der Waals surface area contributed by atoms with Crippen LogP contribution < -0.4 is 22.0 Å². The largest absolute Gasteiger partial charge is 0.519 e. The van der Waals surface area contributed by atoms with Gasteiger partial charge in [0.2, 0.25) is 11.8 Å². The van der Waals surface area contributed by atoms with Gasteiger partial charge in [-0.1, -0.05) is 68.4 Å². The van der Waals surface area contributed by atoms with E-state index in [0.29, 0.717) is 12.1 Å². The SMILES string of the molecule is C=CCn1c(=O)n([C@@H]2O[C@H](CO[Si](CC)(CC)CC)[C@@H](O[Si](CC)(CC)CC)[C@@H]2O[Si](CC)(CC)CC)c2nc(N)nc(OCc3oc(=O)oc3C)c21. The van der Waals surface area contributed by atoms with E-state index in [-0.39, 0.29) is 42.1 Å². The number of rotatable bonds is 22. The quantitative estimate of drug-likeness (QED) is 0.0787. The maximum atomic E-state index is 14.8. The van der Waals surface area contributed by atoms with Crippen molar-refractivity contribution in [3.05, 3.63) is 45.3 Å². The van der Waals surface area contributed by atoms with Crippen molar-refractivity contribution in [2.45, 2.75) is 161 Å². The van der Waals surface area contributed by atoms with Crippen LogP contribution in [-0.2, 0) is 31.2 Å². The summed E-state index contributed by atoms with van der Waals surface area (Å²) in [6, 6.07) is 8.50. The average Bonchev–Trinajstić information content (AvgIpc) is 3.77. The first-order valence-electron chi connectivity index (χ1n) is 19.6. The Morgan fingerprint density at radius 3 is 1.85 bits per heavy atom. The number of aromatic nitrogens is 4. The maximum Gasteiger partial charge on any atom is 0.519 e. The molecule has 53 heavy (non-hydrogen) atoms. The summed E-state index contributed by atoms with van der Waals surface area (Å²) in [6.45, 7) is 25.6. The second kappa shape index (κ2) is 18.2. The predicted molar refractivity (Wildman–Crippen MR) is 214 cm³/mol. The molecule has 0 amide bonds. The molecule has 3 aromatic heterocycles. The van der Waals surface area contributed by atoms with Gasteiger partial charge in [0.15, 0.2) is 60.5 Å². The van der Waals surface area contributed by atoms with Gasteiger partial charge in [-0.15, -0.1) is 6.58 Å². The molecule has 0 unspecified atom stereocenters. The van der Waals surface area contributed by atoms with E-state index in [1.165, 1.54) is 9.13 Å². The van der Waals surface area contributed by atoms with Crippen molar-refractivity contribution in [2.24, 2.45) is 0 Å². The molecule has 4 heterocycles. The Morgan fingerprint density at radius 2 is 1.36 bits per heavy atom. The highest BCUT2D eigenvalue weighted by Gasteiger charge is 2.54. The second-order valence-electron chi connectivity index (χ2n) is 14.1. The van der Waals surface area contributed by atoms with Crippen LogP contribution in [0.5, 0.6) is 5.88 Å². The molecular formula is C36H63N5O9Si3. The molecule has 4 atom stereocenters. The molecule has 3 aromatic rings. The minimum absolute atomic E-state index is 0.0370. The van der Waals surface area contributed by atoms with E-state index in [0.717, 1.165) is 54.4 Å². The van der Waals surface area contributed by atoms with E-state index in [4.69, 9.17) is 37.3 Å². The van der Waals surface area contributed by atoms with Gasteiger partial charge in [0, 0.05) is 6.54 Å². The van der Waals surface area contributed by atoms with Crippen molar-refractivity contribution in [3.8, 4) is 5.88 Å². The summed E-state index contributed by atoms with van der Waals surface area (Å²) in [4.78, 5) is 35.5. The highest BCUT2D eigenvalue weighted by Crippen LogP contribution is 2.42. The van der Waals surface area contributed by atoms with E-state index >= 15 is 0 Å². The Hall–Kier alpha value is -2.81. The van der Waals surface area contributed by atoms with E-state index in [1.54, 1.807) is 13.0 Å². The molecule has 1 aliphatic heterocycles. The molecule has 0 radical (unpaired) electrons. The molecule has 0 bridgehead atoms. The molecule has 298 valence electrons. The lowest BCUT2D eigenvalue weighted by Gasteiger charge is -2.40. The number of hydrogen-bond acceptors (Lipinski definition) is 12. The molecule has 1 aliphatic rings. The van der Waals surface area contributed by atoms with E-state index in [2.05, 4.69) is 78.9 Å². The molecule has 0 saturated carbocycles. The molecule has 14 nitrogen and oxygen atoms in total. The number of nitrogens with two attached hydrogens (primary N) is 1. The fourth-order valence-corrected chi connectivity index (χ4v) is 16.0. The number of hydrogen-bond donors (Lipinski definition) is 1. The first-order valence-corrected chi connectivity index (χ1v) is 27.2. The zero-order valence-corrected chi connectivity index (χ0v) is 36.6. The van der Waals surface area contributed by atoms with Gasteiger partial charge in [-0.2, -0.15) is 9.97 Å². The molecule has 17 heteroatoms. The van der Waals surface area contributed by atoms with E-state index < -0.39 is 61.0 Å². The molecule has 4 rings (SSSR count). The topological polar surface area (TPSA) is 168 Å². The van der Waals surface area contributed by atoms with Crippen LogP contribution in [0.4, 0.5) is 5.95 Å². The Balaban J connectivity index is 1.97. The fourth-order valence-electron chi connectivity index (χ4n) is 7.64. The number of nitrogens with zero attached hydrogens (tertiary/aromatic N) is 4.